The van der Waals surface area contributed by atoms with Crippen LogP contribution in [0, 0.1) is 5.92 Å². The lowest BCUT2D eigenvalue weighted by Crippen LogP contribution is -2.30. The molecule has 1 aromatic carbocycles. The molecule has 1 aliphatic heterocycles. The summed E-state index contributed by atoms with van der Waals surface area (Å²) in [6.45, 7) is 2.33. The van der Waals surface area contributed by atoms with Gasteiger partial charge >= 0.3 is 0 Å². The van der Waals surface area contributed by atoms with Gasteiger partial charge in [0.2, 0.25) is 0 Å². The molecule has 1 fully saturated rings. The molecule has 1 unspecified atom stereocenters. The summed E-state index contributed by atoms with van der Waals surface area (Å²) in [7, 11) is 0. The van der Waals surface area contributed by atoms with Crippen molar-refractivity contribution in [3.05, 3.63) is 36.1 Å². The predicted octanol–water partition coefficient (Wildman–Crippen LogP) is 2.97. The Kier molecular flexibility index (Phi) is 2.66. The first-order chi connectivity index (χ1) is 7.93. The van der Waals surface area contributed by atoms with Crippen LogP contribution in [0.5, 0.6) is 0 Å². The van der Waals surface area contributed by atoms with Crippen molar-refractivity contribution in [3.63, 3.8) is 0 Å². The quantitative estimate of drug-likeness (QED) is 0.833. The molecule has 3 rings (SSSR count). The molecule has 0 bridgehead atoms. The highest BCUT2D eigenvalue weighted by atomic mass is 16.3. The fourth-order valence-corrected chi connectivity index (χ4v) is 2.63. The van der Waals surface area contributed by atoms with Gasteiger partial charge in [-0.05, 0) is 49.9 Å². The summed E-state index contributed by atoms with van der Waals surface area (Å²) in [6, 6.07) is 8.48. The molecule has 0 aliphatic carbocycles. The molecule has 1 saturated heterocycles. The topological polar surface area (TPSA) is 25.2 Å². The van der Waals surface area contributed by atoms with Crippen LogP contribution in [0.1, 0.15) is 18.4 Å². The molecule has 1 aliphatic rings. The zero-order chi connectivity index (χ0) is 10.8. The fraction of sp³-hybridized carbons (Fsp3) is 0.429. The van der Waals surface area contributed by atoms with Gasteiger partial charge in [0.15, 0.2) is 0 Å². The van der Waals surface area contributed by atoms with E-state index in [-0.39, 0.29) is 0 Å². The summed E-state index contributed by atoms with van der Waals surface area (Å²) in [5.74, 6) is 0.768. The van der Waals surface area contributed by atoms with Crippen LogP contribution in [-0.2, 0) is 6.42 Å². The first-order valence-corrected chi connectivity index (χ1v) is 6.09. The molecule has 1 aromatic heterocycles. The average molecular weight is 215 g/mol. The Morgan fingerprint density at radius 2 is 2.31 bits per heavy atom. The minimum Gasteiger partial charge on any atom is -0.464 e. The van der Waals surface area contributed by atoms with Gasteiger partial charge in [-0.2, -0.15) is 0 Å². The molecule has 0 amide bonds. The Morgan fingerprint density at radius 1 is 1.31 bits per heavy atom. The molecular formula is C14H17NO. The highest BCUT2D eigenvalue weighted by Crippen LogP contribution is 2.24. The summed E-state index contributed by atoms with van der Waals surface area (Å²) in [6.07, 6.45) is 5.56. The van der Waals surface area contributed by atoms with Crippen molar-refractivity contribution in [2.75, 3.05) is 13.1 Å². The summed E-state index contributed by atoms with van der Waals surface area (Å²) < 4.78 is 5.57. The average Bonchev–Trinajstić information content (AvgIpc) is 2.80. The second kappa shape index (κ2) is 4.30. The smallest absolute Gasteiger partial charge is 0.137 e. The predicted molar refractivity (Wildman–Crippen MR) is 65.5 cm³/mol. The van der Waals surface area contributed by atoms with Gasteiger partial charge in [0, 0.05) is 5.39 Å². The lowest BCUT2D eigenvalue weighted by molar-refractivity contribution is 0.375. The maximum atomic E-state index is 5.57. The van der Waals surface area contributed by atoms with Gasteiger partial charge in [-0.3, -0.25) is 0 Å². The summed E-state index contributed by atoms with van der Waals surface area (Å²) >= 11 is 0. The fourth-order valence-electron chi connectivity index (χ4n) is 2.63. The highest BCUT2D eigenvalue weighted by Gasteiger charge is 2.15. The summed E-state index contributed by atoms with van der Waals surface area (Å²) in [5.41, 5.74) is 2.43. The van der Waals surface area contributed by atoms with Crippen molar-refractivity contribution in [3.8, 4) is 0 Å². The summed E-state index contributed by atoms with van der Waals surface area (Å²) in [4.78, 5) is 0. The molecular weight excluding hydrogens is 198 g/mol. The normalized spacial score (nSPS) is 21.4. The zero-order valence-corrected chi connectivity index (χ0v) is 9.41. The SMILES string of the molecule is c1cc(CC2CCCNC2)c2occc2c1. The number of hydrogen-bond acceptors (Lipinski definition) is 2. The van der Waals surface area contributed by atoms with E-state index in [1.54, 1.807) is 6.26 Å². The number of hydrogen-bond donors (Lipinski definition) is 1. The maximum Gasteiger partial charge on any atom is 0.137 e. The van der Waals surface area contributed by atoms with Crippen molar-refractivity contribution < 1.29 is 4.42 Å². The number of para-hydroxylation sites is 1. The molecule has 2 nitrogen and oxygen atoms in total. The first-order valence-electron chi connectivity index (χ1n) is 6.09. The first kappa shape index (κ1) is 9.91. The Morgan fingerprint density at radius 3 is 3.19 bits per heavy atom. The van der Waals surface area contributed by atoms with Crippen molar-refractivity contribution in [2.24, 2.45) is 5.92 Å². The van der Waals surface area contributed by atoms with Crippen LogP contribution in [-0.4, -0.2) is 13.1 Å². The minimum atomic E-state index is 0.768. The second-order valence-electron chi connectivity index (χ2n) is 4.67. The van der Waals surface area contributed by atoms with E-state index in [2.05, 4.69) is 23.5 Å². The van der Waals surface area contributed by atoms with E-state index in [1.165, 1.54) is 30.3 Å². The molecule has 0 spiro atoms. The van der Waals surface area contributed by atoms with Crippen LogP contribution in [0.4, 0.5) is 0 Å². The standard InChI is InChI=1S/C14H17NO/c1-4-12-6-8-16-14(12)13(5-1)9-11-3-2-7-15-10-11/h1,4-6,8,11,15H,2-3,7,9-10H2. The molecule has 16 heavy (non-hydrogen) atoms. The number of nitrogens with one attached hydrogen (secondary N) is 1. The zero-order valence-electron chi connectivity index (χ0n) is 9.41. The van der Waals surface area contributed by atoms with Crippen LogP contribution >= 0.6 is 0 Å². The third-order valence-corrected chi connectivity index (χ3v) is 3.47. The molecule has 2 aromatic rings. The van der Waals surface area contributed by atoms with Crippen LogP contribution in [0.3, 0.4) is 0 Å². The Bertz CT molecular complexity index is 468. The third-order valence-electron chi connectivity index (χ3n) is 3.47. The molecule has 0 radical (unpaired) electrons. The lowest BCUT2D eigenvalue weighted by atomic mass is 9.92. The highest BCUT2D eigenvalue weighted by molar-refractivity contribution is 5.80. The molecule has 2 heteroatoms. The number of benzene rings is 1. The number of furan rings is 1. The van der Waals surface area contributed by atoms with E-state index in [1.807, 2.05) is 6.07 Å². The largest absolute Gasteiger partial charge is 0.464 e. The van der Waals surface area contributed by atoms with E-state index >= 15 is 0 Å². The monoisotopic (exact) mass is 215 g/mol. The molecule has 2 heterocycles. The van der Waals surface area contributed by atoms with Gasteiger partial charge in [-0.15, -0.1) is 0 Å². The van der Waals surface area contributed by atoms with Gasteiger partial charge in [0.05, 0.1) is 6.26 Å². The van der Waals surface area contributed by atoms with E-state index in [0.717, 1.165) is 24.5 Å². The van der Waals surface area contributed by atoms with Crippen molar-refractivity contribution in [1.29, 1.82) is 0 Å². The number of piperidine rings is 1. The third kappa shape index (κ3) is 1.85. The van der Waals surface area contributed by atoms with Gasteiger partial charge < -0.3 is 9.73 Å². The van der Waals surface area contributed by atoms with Gasteiger partial charge in [0.25, 0.3) is 0 Å². The van der Waals surface area contributed by atoms with Gasteiger partial charge in [0.1, 0.15) is 5.58 Å². The van der Waals surface area contributed by atoms with Crippen molar-refractivity contribution >= 4 is 11.0 Å². The number of rotatable bonds is 2. The van der Waals surface area contributed by atoms with Gasteiger partial charge in [-0.25, -0.2) is 0 Å². The lowest BCUT2D eigenvalue weighted by Gasteiger charge is -2.22. The molecule has 1 N–H and O–H groups in total. The number of fused-ring (bicyclic) bond motifs is 1. The van der Waals surface area contributed by atoms with Crippen LogP contribution < -0.4 is 5.32 Å². The maximum absolute atomic E-state index is 5.57. The van der Waals surface area contributed by atoms with Crippen LogP contribution in [0.2, 0.25) is 0 Å². The molecule has 0 saturated carbocycles. The van der Waals surface area contributed by atoms with Crippen LogP contribution in [0.25, 0.3) is 11.0 Å². The van der Waals surface area contributed by atoms with Crippen molar-refractivity contribution in [2.45, 2.75) is 19.3 Å². The molecule has 84 valence electrons. The molecule has 1 atom stereocenters. The van der Waals surface area contributed by atoms with E-state index in [9.17, 15) is 0 Å². The Labute approximate surface area is 95.6 Å². The second-order valence-corrected chi connectivity index (χ2v) is 4.67. The Balaban J connectivity index is 1.85. The minimum absolute atomic E-state index is 0.768. The van der Waals surface area contributed by atoms with E-state index < -0.39 is 0 Å². The van der Waals surface area contributed by atoms with Gasteiger partial charge in [-0.1, -0.05) is 18.2 Å². The van der Waals surface area contributed by atoms with E-state index in [0.29, 0.717) is 0 Å². The Hall–Kier alpha value is -1.28. The van der Waals surface area contributed by atoms with Crippen molar-refractivity contribution in [1.82, 2.24) is 5.32 Å². The van der Waals surface area contributed by atoms with Crippen LogP contribution in [0.15, 0.2) is 34.9 Å². The summed E-state index contributed by atoms with van der Waals surface area (Å²) in [5, 5.41) is 4.69. The van der Waals surface area contributed by atoms with E-state index in [4.69, 9.17) is 4.42 Å².